The minimum atomic E-state index is -0.202. The lowest BCUT2D eigenvalue weighted by atomic mass is 10.3. The summed E-state index contributed by atoms with van der Waals surface area (Å²) in [5.41, 5.74) is 2.25. The average molecular weight is 176 g/mol. The monoisotopic (exact) mass is 176 g/mol. The maximum atomic E-state index is 8.14. The fourth-order valence-electron chi connectivity index (χ4n) is 0.680. The molecule has 3 N–H and O–H groups in total. The molecule has 0 fully saturated rings. The van der Waals surface area contributed by atoms with Crippen LogP contribution in [0.25, 0.3) is 0 Å². The fourth-order valence-corrected chi connectivity index (χ4v) is 0.680. The highest BCUT2D eigenvalue weighted by Crippen LogP contribution is 2.05. The molecular weight excluding hydrogens is 168 g/mol. The normalized spacial score (nSPS) is 8.23. The predicted molar refractivity (Wildman–Crippen MR) is 46.7 cm³/mol. The lowest BCUT2D eigenvalue weighted by molar-refractivity contribution is 0.258. The molecule has 0 bridgehead atoms. The zero-order valence-corrected chi connectivity index (χ0v) is 6.74. The summed E-state index contributed by atoms with van der Waals surface area (Å²) in [5.74, 6) is 0.373. The summed E-state index contributed by atoms with van der Waals surface area (Å²) >= 11 is 0. The van der Waals surface area contributed by atoms with Gasteiger partial charge in [-0.2, -0.15) is 10.7 Å². The molecule has 1 rings (SSSR count). The standard InChI is InChI=1S/C8H8N4O/c9-6-11-8(10)12-13-7-4-2-1-3-5-7/h1-5H,(H3,10,11,12). The SMILES string of the molecule is N#CNC(=N)NOc1ccccc1. The van der Waals surface area contributed by atoms with Crippen LogP contribution < -0.4 is 15.6 Å². The summed E-state index contributed by atoms with van der Waals surface area (Å²) in [6.07, 6.45) is 1.59. The van der Waals surface area contributed by atoms with E-state index >= 15 is 0 Å². The summed E-state index contributed by atoms with van der Waals surface area (Å²) < 4.78 is 0. The Labute approximate surface area is 75.4 Å². The fraction of sp³-hybridized carbons (Fsp3) is 0. The van der Waals surface area contributed by atoms with Crippen molar-refractivity contribution in [2.45, 2.75) is 0 Å². The van der Waals surface area contributed by atoms with Crippen LogP contribution in [0.1, 0.15) is 0 Å². The molecule has 13 heavy (non-hydrogen) atoms. The third-order valence-electron chi connectivity index (χ3n) is 1.20. The number of hydrogen-bond acceptors (Lipinski definition) is 3. The highest BCUT2D eigenvalue weighted by Gasteiger charge is 1.93. The van der Waals surface area contributed by atoms with Gasteiger partial charge in [0.25, 0.3) is 0 Å². The highest BCUT2D eigenvalue weighted by atomic mass is 16.6. The van der Waals surface area contributed by atoms with Crippen LogP contribution in [0.3, 0.4) is 0 Å². The van der Waals surface area contributed by atoms with Gasteiger partial charge < -0.3 is 4.84 Å². The molecular formula is C8H8N4O. The molecule has 0 spiro atoms. The summed E-state index contributed by atoms with van der Waals surface area (Å²) in [5, 5.41) is 17.3. The molecule has 0 aromatic heterocycles. The molecule has 0 aliphatic heterocycles. The number of benzene rings is 1. The van der Waals surface area contributed by atoms with Gasteiger partial charge in [-0.25, -0.2) is 0 Å². The lowest BCUT2D eigenvalue weighted by Gasteiger charge is -2.06. The number of nitrogens with one attached hydrogen (secondary N) is 3. The van der Waals surface area contributed by atoms with Gasteiger partial charge in [-0.05, 0) is 12.1 Å². The predicted octanol–water partition coefficient (Wildman–Crippen LogP) is 0.575. The number of hydrogen-bond donors (Lipinski definition) is 3. The maximum absolute atomic E-state index is 8.14. The zero-order chi connectivity index (χ0) is 9.52. The molecule has 0 amide bonds. The van der Waals surface area contributed by atoms with Gasteiger partial charge in [-0.3, -0.25) is 10.7 Å². The molecule has 5 heteroatoms. The van der Waals surface area contributed by atoms with Gasteiger partial charge in [-0.1, -0.05) is 18.2 Å². The molecule has 0 atom stereocenters. The zero-order valence-electron chi connectivity index (χ0n) is 6.74. The smallest absolute Gasteiger partial charge is 0.235 e. The van der Waals surface area contributed by atoms with E-state index in [1.54, 1.807) is 30.5 Å². The second kappa shape index (κ2) is 4.62. The van der Waals surface area contributed by atoms with Crippen LogP contribution in [0.15, 0.2) is 30.3 Å². The maximum Gasteiger partial charge on any atom is 0.235 e. The number of rotatable bonds is 2. The van der Waals surface area contributed by atoms with Crippen LogP contribution in [0, 0.1) is 16.9 Å². The van der Waals surface area contributed by atoms with Gasteiger partial charge >= 0.3 is 0 Å². The first kappa shape index (κ1) is 8.87. The van der Waals surface area contributed by atoms with E-state index in [1.807, 2.05) is 6.07 Å². The highest BCUT2D eigenvalue weighted by molar-refractivity contribution is 5.76. The average Bonchev–Trinajstić information content (AvgIpc) is 2.17. The van der Waals surface area contributed by atoms with Gasteiger partial charge in [0.1, 0.15) is 0 Å². The van der Waals surface area contributed by atoms with Crippen molar-refractivity contribution < 1.29 is 4.84 Å². The van der Waals surface area contributed by atoms with Crippen molar-refractivity contribution in [2.75, 3.05) is 0 Å². The van der Waals surface area contributed by atoms with E-state index in [4.69, 9.17) is 15.5 Å². The molecule has 0 saturated carbocycles. The van der Waals surface area contributed by atoms with Crippen molar-refractivity contribution in [1.29, 1.82) is 10.7 Å². The van der Waals surface area contributed by atoms with Gasteiger partial charge in [-0.15, -0.1) is 0 Å². The van der Waals surface area contributed by atoms with E-state index in [2.05, 4.69) is 10.8 Å². The van der Waals surface area contributed by atoms with Crippen molar-refractivity contribution in [3.05, 3.63) is 30.3 Å². The van der Waals surface area contributed by atoms with Gasteiger partial charge in [0, 0.05) is 0 Å². The topological polar surface area (TPSA) is 80.9 Å². The molecule has 66 valence electrons. The molecule has 0 heterocycles. The van der Waals surface area contributed by atoms with Crippen molar-refractivity contribution in [1.82, 2.24) is 10.8 Å². The van der Waals surface area contributed by atoms with E-state index in [1.165, 1.54) is 0 Å². The molecule has 1 aromatic carbocycles. The Morgan fingerprint density at radius 1 is 1.38 bits per heavy atom. The number of hydroxylamine groups is 1. The van der Waals surface area contributed by atoms with E-state index in [9.17, 15) is 0 Å². The quantitative estimate of drug-likeness (QED) is 0.202. The van der Waals surface area contributed by atoms with Crippen molar-refractivity contribution >= 4 is 5.96 Å². The Bertz CT molecular complexity index is 317. The second-order valence-corrected chi connectivity index (χ2v) is 2.13. The lowest BCUT2D eigenvalue weighted by Crippen LogP contribution is -2.35. The Hall–Kier alpha value is -2.22. The third-order valence-corrected chi connectivity index (χ3v) is 1.20. The summed E-state index contributed by atoms with van der Waals surface area (Å²) in [6.45, 7) is 0. The van der Waals surface area contributed by atoms with E-state index < -0.39 is 0 Å². The minimum absolute atomic E-state index is 0.202. The Morgan fingerprint density at radius 3 is 2.69 bits per heavy atom. The van der Waals surface area contributed by atoms with Crippen LogP contribution in [0.2, 0.25) is 0 Å². The van der Waals surface area contributed by atoms with Gasteiger partial charge in [0.2, 0.25) is 5.96 Å². The third kappa shape index (κ3) is 3.12. The van der Waals surface area contributed by atoms with E-state index in [-0.39, 0.29) is 5.96 Å². The minimum Gasteiger partial charge on any atom is -0.379 e. The summed E-state index contributed by atoms with van der Waals surface area (Å²) in [6, 6.07) is 8.92. The number of guanidine groups is 1. The van der Waals surface area contributed by atoms with Crippen molar-refractivity contribution in [3.63, 3.8) is 0 Å². The summed E-state index contributed by atoms with van der Waals surface area (Å²) in [7, 11) is 0. The molecule has 1 aromatic rings. The van der Waals surface area contributed by atoms with Crippen LogP contribution in [0.4, 0.5) is 0 Å². The van der Waals surface area contributed by atoms with Crippen LogP contribution >= 0.6 is 0 Å². The van der Waals surface area contributed by atoms with Crippen LogP contribution in [-0.4, -0.2) is 5.96 Å². The number of nitrogens with zero attached hydrogens (tertiary/aromatic N) is 1. The largest absolute Gasteiger partial charge is 0.379 e. The Kier molecular flexibility index (Phi) is 3.15. The van der Waals surface area contributed by atoms with Crippen molar-refractivity contribution in [2.24, 2.45) is 0 Å². The summed E-state index contributed by atoms with van der Waals surface area (Å²) in [4.78, 5) is 4.93. The first-order valence-corrected chi connectivity index (χ1v) is 3.54. The van der Waals surface area contributed by atoms with E-state index in [0.717, 1.165) is 0 Å². The molecule has 0 saturated heterocycles. The van der Waals surface area contributed by atoms with Gasteiger partial charge in [0.05, 0.1) is 0 Å². The first-order chi connectivity index (χ1) is 6.33. The Morgan fingerprint density at radius 2 is 2.08 bits per heavy atom. The molecule has 0 unspecified atom stereocenters. The Balaban J connectivity index is 2.36. The molecule has 5 nitrogen and oxygen atoms in total. The number of para-hydroxylation sites is 1. The molecule has 0 aliphatic rings. The number of nitriles is 1. The molecule has 0 radical (unpaired) electrons. The van der Waals surface area contributed by atoms with Gasteiger partial charge in [0.15, 0.2) is 11.9 Å². The van der Waals surface area contributed by atoms with Crippen LogP contribution in [-0.2, 0) is 0 Å². The van der Waals surface area contributed by atoms with Crippen molar-refractivity contribution in [3.8, 4) is 11.9 Å². The van der Waals surface area contributed by atoms with Crippen LogP contribution in [0.5, 0.6) is 5.75 Å². The first-order valence-electron chi connectivity index (χ1n) is 3.54. The second-order valence-electron chi connectivity index (χ2n) is 2.13. The van der Waals surface area contributed by atoms with E-state index in [0.29, 0.717) is 5.75 Å². The molecule has 0 aliphatic carbocycles.